The average Bonchev–Trinajstić information content (AvgIpc) is 2.72. The van der Waals surface area contributed by atoms with Gasteiger partial charge in [-0.05, 0) is 49.3 Å². The summed E-state index contributed by atoms with van der Waals surface area (Å²) in [6.07, 6.45) is 0. The van der Waals surface area contributed by atoms with Gasteiger partial charge < -0.3 is 24.8 Å². The van der Waals surface area contributed by atoms with Crippen LogP contribution in [-0.2, 0) is 16.1 Å². The number of hydrogen-bond acceptors (Lipinski definition) is 5. The van der Waals surface area contributed by atoms with E-state index >= 15 is 0 Å². The highest BCUT2D eigenvalue weighted by Gasteiger charge is 2.31. The van der Waals surface area contributed by atoms with E-state index in [-0.39, 0.29) is 5.97 Å². The molecule has 0 unspecified atom stereocenters. The van der Waals surface area contributed by atoms with Crippen LogP contribution in [0.3, 0.4) is 0 Å². The number of carbonyl (C=O) groups is 1. The first-order valence-electron chi connectivity index (χ1n) is 9.33. The highest BCUT2D eigenvalue weighted by Crippen LogP contribution is 2.35. The maximum atomic E-state index is 12.5. The van der Waals surface area contributed by atoms with Crippen molar-refractivity contribution in [2.75, 3.05) is 13.7 Å². The Labute approximate surface area is 175 Å². The fourth-order valence-corrected chi connectivity index (χ4v) is 3.41. The molecule has 2 aromatic carbocycles. The Morgan fingerprint density at radius 3 is 2.59 bits per heavy atom. The van der Waals surface area contributed by atoms with Crippen molar-refractivity contribution in [1.29, 1.82) is 0 Å². The van der Waals surface area contributed by atoms with Gasteiger partial charge in [-0.25, -0.2) is 4.79 Å². The van der Waals surface area contributed by atoms with Gasteiger partial charge in [0.2, 0.25) is 0 Å². The molecule has 0 saturated heterocycles. The minimum Gasteiger partial charge on any atom is -0.493 e. The van der Waals surface area contributed by atoms with Gasteiger partial charge in [0.05, 0.1) is 25.3 Å². The summed E-state index contributed by atoms with van der Waals surface area (Å²) in [6.45, 7) is 4.31. The maximum absolute atomic E-state index is 12.5. The van der Waals surface area contributed by atoms with Crippen molar-refractivity contribution in [2.24, 2.45) is 0 Å². The number of benzene rings is 2. The van der Waals surface area contributed by atoms with Crippen molar-refractivity contribution in [3.05, 3.63) is 70.9 Å². The second-order valence-corrected chi connectivity index (χ2v) is 6.88. The molecule has 0 aromatic heterocycles. The lowest BCUT2D eigenvalue weighted by Gasteiger charge is -2.30. The van der Waals surface area contributed by atoms with Gasteiger partial charge in [0, 0.05) is 5.70 Å². The number of esters is 1. The second-order valence-electron chi connectivity index (χ2n) is 6.48. The van der Waals surface area contributed by atoms with Crippen LogP contribution in [0, 0.1) is 0 Å². The van der Waals surface area contributed by atoms with Gasteiger partial charge in [-0.15, -0.1) is 0 Å². The van der Waals surface area contributed by atoms with E-state index in [1.54, 1.807) is 21.0 Å². The summed E-state index contributed by atoms with van der Waals surface area (Å²) in [5.74, 6) is 0.807. The Kier molecular flexibility index (Phi) is 6.72. The zero-order valence-corrected chi connectivity index (χ0v) is 17.5. The first kappa shape index (κ1) is 20.7. The molecule has 0 spiro atoms. The molecule has 0 radical (unpaired) electrons. The first-order valence-corrected chi connectivity index (χ1v) is 9.74. The van der Waals surface area contributed by atoms with Crippen molar-refractivity contribution in [1.82, 2.24) is 10.6 Å². The Morgan fingerprint density at radius 1 is 1.14 bits per heavy atom. The van der Waals surface area contributed by atoms with Gasteiger partial charge in [0.1, 0.15) is 6.61 Å². The zero-order chi connectivity index (χ0) is 20.8. The molecule has 152 valence electrons. The van der Waals surface area contributed by atoms with E-state index in [0.717, 1.165) is 11.1 Å². The van der Waals surface area contributed by atoms with Crippen molar-refractivity contribution in [2.45, 2.75) is 26.5 Å². The first-order chi connectivity index (χ1) is 14.0. The highest BCUT2D eigenvalue weighted by molar-refractivity contribution is 7.80. The van der Waals surface area contributed by atoms with Crippen LogP contribution in [0.4, 0.5) is 0 Å². The normalized spacial score (nSPS) is 16.0. The van der Waals surface area contributed by atoms with Crippen molar-refractivity contribution < 1.29 is 19.0 Å². The van der Waals surface area contributed by atoms with Gasteiger partial charge in [-0.2, -0.15) is 0 Å². The van der Waals surface area contributed by atoms with Gasteiger partial charge in [0.25, 0.3) is 0 Å². The Hall–Kier alpha value is -3.06. The van der Waals surface area contributed by atoms with Crippen molar-refractivity contribution >= 4 is 23.3 Å². The maximum Gasteiger partial charge on any atom is 0.338 e. The Balaban J connectivity index is 1.88. The molecule has 1 aliphatic rings. The fraction of sp³-hybridized carbons (Fsp3) is 0.273. The standard InChI is InChI=1S/C22H24N2O4S/c1-4-27-21(25)19-14(2)23-22(29)24-20(19)16-10-11-17(18(12-16)26-3)28-13-15-8-6-5-7-9-15/h5-12,20H,4,13H2,1-3H3,(H2,23,24,29)/t20-/m1/s1. The van der Waals surface area contributed by atoms with E-state index in [2.05, 4.69) is 10.6 Å². The summed E-state index contributed by atoms with van der Waals surface area (Å²) in [4.78, 5) is 12.5. The van der Waals surface area contributed by atoms with Crippen LogP contribution >= 0.6 is 12.2 Å². The second kappa shape index (κ2) is 9.43. The third kappa shape index (κ3) is 4.86. The van der Waals surface area contributed by atoms with Gasteiger partial charge in [-0.3, -0.25) is 0 Å². The summed E-state index contributed by atoms with van der Waals surface area (Å²) in [6, 6.07) is 15.0. The number of ether oxygens (including phenoxy) is 3. The van der Waals surface area contributed by atoms with E-state index in [1.165, 1.54) is 0 Å². The molecule has 0 amide bonds. The fourth-order valence-electron chi connectivity index (χ4n) is 3.14. The minimum absolute atomic E-state index is 0.294. The number of rotatable bonds is 7. The lowest BCUT2D eigenvalue weighted by Crippen LogP contribution is -2.45. The number of nitrogens with one attached hydrogen (secondary N) is 2. The van der Waals surface area contributed by atoms with Crippen LogP contribution in [0.1, 0.15) is 31.0 Å². The number of hydrogen-bond donors (Lipinski definition) is 2. The molecule has 3 rings (SSSR count). The Bertz CT molecular complexity index is 928. The molecule has 1 heterocycles. The molecule has 7 heteroatoms. The predicted octanol–water partition coefficient (Wildman–Crippen LogP) is 3.63. The zero-order valence-electron chi connectivity index (χ0n) is 16.7. The Morgan fingerprint density at radius 2 is 1.90 bits per heavy atom. The van der Waals surface area contributed by atoms with E-state index in [1.807, 2.05) is 48.5 Å². The third-order valence-electron chi connectivity index (χ3n) is 4.52. The number of methoxy groups -OCH3 is 1. The summed E-state index contributed by atoms with van der Waals surface area (Å²) in [5, 5.41) is 6.58. The molecule has 2 aromatic rings. The quantitative estimate of drug-likeness (QED) is 0.532. The number of carbonyl (C=O) groups excluding carboxylic acids is 1. The topological polar surface area (TPSA) is 68.8 Å². The van der Waals surface area contributed by atoms with Crippen LogP contribution in [0.25, 0.3) is 0 Å². The summed E-state index contributed by atoms with van der Waals surface area (Å²) in [5.41, 5.74) is 3.04. The van der Waals surface area contributed by atoms with E-state index in [0.29, 0.717) is 41.1 Å². The SMILES string of the molecule is CCOC(=O)C1=C(C)NC(=S)N[C@@H]1c1ccc(OCc2ccccc2)c(OC)c1. The number of thiocarbonyl (C=S) groups is 1. The average molecular weight is 413 g/mol. The molecule has 0 saturated carbocycles. The molecule has 0 fully saturated rings. The molecular formula is C22H24N2O4S. The van der Waals surface area contributed by atoms with Gasteiger partial charge >= 0.3 is 5.97 Å². The van der Waals surface area contributed by atoms with Gasteiger partial charge in [-0.1, -0.05) is 36.4 Å². The van der Waals surface area contributed by atoms with Gasteiger partial charge in [0.15, 0.2) is 16.6 Å². The molecule has 0 aliphatic carbocycles. The lowest BCUT2D eigenvalue weighted by atomic mass is 9.95. The summed E-state index contributed by atoms with van der Waals surface area (Å²) >= 11 is 5.28. The van der Waals surface area contributed by atoms with Crippen LogP contribution in [-0.4, -0.2) is 24.8 Å². The monoisotopic (exact) mass is 412 g/mol. The predicted molar refractivity (Wildman–Crippen MR) is 115 cm³/mol. The smallest absolute Gasteiger partial charge is 0.338 e. The molecule has 6 nitrogen and oxygen atoms in total. The molecule has 1 atom stereocenters. The van der Waals surface area contributed by atoms with Crippen LogP contribution in [0.15, 0.2) is 59.8 Å². The number of allylic oxidation sites excluding steroid dienone is 1. The lowest BCUT2D eigenvalue weighted by molar-refractivity contribution is -0.139. The third-order valence-corrected chi connectivity index (χ3v) is 4.74. The highest BCUT2D eigenvalue weighted by atomic mass is 32.1. The van der Waals surface area contributed by atoms with Crippen molar-refractivity contribution in [3.63, 3.8) is 0 Å². The molecular weight excluding hydrogens is 388 g/mol. The largest absolute Gasteiger partial charge is 0.493 e. The molecule has 1 aliphatic heterocycles. The molecule has 2 N–H and O–H groups in total. The molecule has 29 heavy (non-hydrogen) atoms. The van der Waals surface area contributed by atoms with Crippen LogP contribution in [0.2, 0.25) is 0 Å². The van der Waals surface area contributed by atoms with E-state index in [4.69, 9.17) is 26.4 Å². The summed E-state index contributed by atoms with van der Waals surface area (Å²) < 4.78 is 16.7. The minimum atomic E-state index is -0.445. The molecule has 0 bridgehead atoms. The van der Waals surface area contributed by atoms with E-state index < -0.39 is 6.04 Å². The van der Waals surface area contributed by atoms with Crippen LogP contribution in [0.5, 0.6) is 11.5 Å². The van der Waals surface area contributed by atoms with Crippen LogP contribution < -0.4 is 20.1 Å². The summed E-state index contributed by atoms with van der Waals surface area (Å²) in [7, 11) is 1.59. The van der Waals surface area contributed by atoms with E-state index in [9.17, 15) is 4.79 Å². The van der Waals surface area contributed by atoms with Crippen molar-refractivity contribution in [3.8, 4) is 11.5 Å².